The fourth-order valence-corrected chi connectivity index (χ4v) is 1.79. The lowest BCUT2D eigenvalue weighted by atomic mass is 10.2. The topological polar surface area (TPSA) is 79.3 Å². The van der Waals surface area contributed by atoms with Crippen LogP contribution in [0.15, 0.2) is 30.3 Å². The number of nitrogens with one attached hydrogen (secondary N) is 1. The first-order valence-electron chi connectivity index (χ1n) is 5.58. The van der Waals surface area contributed by atoms with Crippen molar-refractivity contribution in [3.63, 3.8) is 0 Å². The number of carboxylic acids is 1. The van der Waals surface area contributed by atoms with Gasteiger partial charge in [0.05, 0.1) is 10.5 Å². The summed E-state index contributed by atoms with van der Waals surface area (Å²) in [6.45, 7) is 1.38. The molecule has 1 atom stereocenters. The van der Waals surface area contributed by atoms with Gasteiger partial charge in [0.2, 0.25) is 0 Å². The van der Waals surface area contributed by atoms with Gasteiger partial charge in [0.25, 0.3) is 5.91 Å². The predicted molar refractivity (Wildman–Crippen MR) is 71.3 cm³/mol. The van der Waals surface area contributed by atoms with Gasteiger partial charge in [-0.1, -0.05) is 29.8 Å². The summed E-state index contributed by atoms with van der Waals surface area (Å²) >= 11 is 6.00. The minimum Gasteiger partial charge on any atom is -0.480 e. The van der Waals surface area contributed by atoms with Gasteiger partial charge < -0.3 is 10.4 Å². The van der Waals surface area contributed by atoms with E-state index < -0.39 is 17.9 Å². The highest BCUT2D eigenvalue weighted by atomic mass is 35.5. The third kappa shape index (κ3) is 2.82. The van der Waals surface area contributed by atoms with Crippen molar-refractivity contribution in [1.29, 1.82) is 0 Å². The van der Waals surface area contributed by atoms with Gasteiger partial charge in [0.1, 0.15) is 11.7 Å². The fraction of sp³-hybridized carbons (Fsp3) is 0.154. The van der Waals surface area contributed by atoms with Crippen LogP contribution in [0.2, 0.25) is 5.02 Å². The van der Waals surface area contributed by atoms with Crippen molar-refractivity contribution in [2.24, 2.45) is 0 Å². The largest absolute Gasteiger partial charge is 0.480 e. The number of nitrogens with zero attached hydrogens (tertiary/aromatic N) is 1. The first-order valence-corrected chi connectivity index (χ1v) is 5.96. The van der Waals surface area contributed by atoms with Crippen molar-refractivity contribution in [2.45, 2.75) is 13.0 Å². The van der Waals surface area contributed by atoms with Crippen molar-refractivity contribution in [3.8, 4) is 0 Å². The number of benzene rings is 1. The number of fused-ring (bicyclic) bond motifs is 1. The van der Waals surface area contributed by atoms with Gasteiger partial charge in [0, 0.05) is 5.39 Å². The second-order valence-electron chi connectivity index (χ2n) is 4.04. The van der Waals surface area contributed by atoms with E-state index in [-0.39, 0.29) is 5.69 Å². The van der Waals surface area contributed by atoms with Gasteiger partial charge >= 0.3 is 5.97 Å². The van der Waals surface area contributed by atoms with Crippen LogP contribution in [0.25, 0.3) is 10.9 Å². The molecule has 0 saturated carbocycles. The minimum absolute atomic E-state index is 0.133. The van der Waals surface area contributed by atoms with E-state index >= 15 is 0 Å². The zero-order valence-corrected chi connectivity index (χ0v) is 10.8. The van der Waals surface area contributed by atoms with Gasteiger partial charge in [-0.2, -0.15) is 0 Å². The van der Waals surface area contributed by atoms with E-state index in [4.69, 9.17) is 16.7 Å². The number of aliphatic carboxylic acids is 1. The molecule has 0 aliphatic heterocycles. The van der Waals surface area contributed by atoms with E-state index in [0.717, 1.165) is 5.39 Å². The number of hydrogen-bond donors (Lipinski definition) is 2. The molecule has 5 nitrogen and oxygen atoms in total. The standard InChI is InChI=1S/C13H11ClN2O3/c1-7(13(18)19)15-12(17)10-6-5-8-3-2-4-9(14)11(8)16-10/h2-7H,1H3,(H,15,17)(H,18,19). The van der Waals surface area contributed by atoms with Crippen molar-refractivity contribution < 1.29 is 14.7 Å². The summed E-state index contributed by atoms with van der Waals surface area (Å²) in [5, 5.41) is 12.3. The van der Waals surface area contributed by atoms with E-state index in [0.29, 0.717) is 10.5 Å². The lowest BCUT2D eigenvalue weighted by molar-refractivity contribution is -0.138. The number of hydrogen-bond acceptors (Lipinski definition) is 3. The summed E-state index contributed by atoms with van der Waals surface area (Å²) in [5.74, 6) is -1.65. The molecule has 0 fully saturated rings. The summed E-state index contributed by atoms with van der Waals surface area (Å²) in [6, 6.07) is 7.57. The number of pyridine rings is 1. The number of carbonyl (C=O) groups is 2. The van der Waals surface area contributed by atoms with E-state index in [1.165, 1.54) is 13.0 Å². The number of halogens is 1. The second kappa shape index (κ2) is 5.24. The first kappa shape index (κ1) is 13.3. The van der Waals surface area contributed by atoms with Crippen LogP contribution in [0.4, 0.5) is 0 Å². The van der Waals surface area contributed by atoms with Crippen molar-refractivity contribution >= 4 is 34.4 Å². The van der Waals surface area contributed by atoms with Crippen LogP contribution in [0.1, 0.15) is 17.4 Å². The Balaban J connectivity index is 2.33. The molecule has 0 radical (unpaired) electrons. The summed E-state index contributed by atoms with van der Waals surface area (Å²) in [4.78, 5) is 26.7. The zero-order chi connectivity index (χ0) is 14.0. The van der Waals surface area contributed by atoms with Gasteiger partial charge in [-0.15, -0.1) is 0 Å². The molecule has 0 bridgehead atoms. The number of aromatic nitrogens is 1. The Kier molecular flexibility index (Phi) is 3.66. The Morgan fingerprint density at radius 1 is 1.32 bits per heavy atom. The van der Waals surface area contributed by atoms with E-state index in [2.05, 4.69) is 10.3 Å². The molecule has 2 N–H and O–H groups in total. The zero-order valence-electron chi connectivity index (χ0n) is 10.1. The molecule has 0 spiro atoms. The Labute approximate surface area is 114 Å². The highest BCUT2D eigenvalue weighted by Gasteiger charge is 2.16. The average Bonchev–Trinajstić information content (AvgIpc) is 2.38. The molecule has 19 heavy (non-hydrogen) atoms. The molecule has 2 aromatic rings. The van der Waals surface area contributed by atoms with Crippen LogP contribution in [0, 0.1) is 0 Å². The summed E-state index contributed by atoms with van der Waals surface area (Å²) < 4.78 is 0. The predicted octanol–water partition coefficient (Wildman–Crippen LogP) is 2.09. The molecule has 1 aromatic heterocycles. The van der Waals surface area contributed by atoms with Gasteiger partial charge in [-0.3, -0.25) is 9.59 Å². The molecule has 1 unspecified atom stereocenters. The van der Waals surface area contributed by atoms with Gasteiger partial charge in [-0.25, -0.2) is 4.98 Å². The molecule has 0 aliphatic rings. The van der Waals surface area contributed by atoms with E-state index in [9.17, 15) is 9.59 Å². The number of carboxylic acid groups (broad SMARTS) is 1. The van der Waals surface area contributed by atoms with Crippen LogP contribution < -0.4 is 5.32 Å². The van der Waals surface area contributed by atoms with Crippen LogP contribution in [0.3, 0.4) is 0 Å². The SMILES string of the molecule is CC(NC(=O)c1ccc2cccc(Cl)c2n1)C(=O)O. The van der Waals surface area contributed by atoms with Gasteiger partial charge in [-0.05, 0) is 19.1 Å². The minimum atomic E-state index is -1.10. The Hall–Kier alpha value is -2.14. The highest BCUT2D eigenvalue weighted by Crippen LogP contribution is 2.21. The number of carbonyl (C=O) groups excluding carboxylic acids is 1. The number of para-hydroxylation sites is 1. The molecule has 1 heterocycles. The monoisotopic (exact) mass is 278 g/mol. The Morgan fingerprint density at radius 2 is 2.05 bits per heavy atom. The normalized spacial score (nSPS) is 12.1. The van der Waals surface area contributed by atoms with E-state index in [1.807, 2.05) is 6.07 Å². The molecule has 98 valence electrons. The first-order chi connectivity index (χ1) is 8.99. The second-order valence-corrected chi connectivity index (χ2v) is 4.45. The fourth-order valence-electron chi connectivity index (χ4n) is 1.57. The molecule has 0 saturated heterocycles. The third-order valence-electron chi connectivity index (χ3n) is 2.62. The summed E-state index contributed by atoms with van der Waals surface area (Å²) in [5.41, 5.74) is 0.647. The maximum absolute atomic E-state index is 11.8. The number of rotatable bonds is 3. The van der Waals surface area contributed by atoms with Crippen LogP contribution >= 0.6 is 11.6 Å². The average molecular weight is 279 g/mol. The lowest BCUT2D eigenvalue weighted by Gasteiger charge is -2.09. The van der Waals surface area contributed by atoms with Crippen LogP contribution in [0.5, 0.6) is 0 Å². The van der Waals surface area contributed by atoms with E-state index in [1.54, 1.807) is 18.2 Å². The molecule has 1 aromatic carbocycles. The van der Waals surface area contributed by atoms with Crippen molar-refractivity contribution in [3.05, 3.63) is 41.0 Å². The Bertz CT molecular complexity index is 657. The molecule has 0 aliphatic carbocycles. The number of amides is 1. The molecular weight excluding hydrogens is 268 g/mol. The quantitative estimate of drug-likeness (QED) is 0.901. The smallest absolute Gasteiger partial charge is 0.325 e. The maximum atomic E-state index is 11.8. The summed E-state index contributed by atoms with van der Waals surface area (Å²) in [7, 11) is 0. The third-order valence-corrected chi connectivity index (χ3v) is 2.93. The van der Waals surface area contributed by atoms with Gasteiger partial charge in [0.15, 0.2) is 0 Å². The van der Waals surface area contributed by atoms with Crippen LogP contribution in [-0.2, 0) is 4.79 Å². The van der Waals surface area contributed by atoms with Crippen LogP contribution in [-0.4, -0.2) is 28.0 Å². The maximum Gasteiger partial charge on any atom is 0.325 e. The highest BCUT2D eigenvalue weighted by molar-refractivity contribution is 6.35. The van der Waals surface area contributed by atoms with Crippen molar-refractivity contribution in [2.75, 3.05) is 0 Å². The summed E-state index contributed by atoms with van der Waals surface area (Å²) in [6.07, 6.45) is 0. The molecule has 6 heteroatoms. The Morgan fingerprint density at radius 3 is 2.74 bits per heavy atom. The molecule has 1 amide bonds. The molecular formula is C13H11ClN2O3. The molecule has 2 rings (SSSR count). The van der Waals surface area contributed by atoms with Crippen molar-refractivity contribution in [1.82, 2.24) is 10.3 Å². The lowest BCUT2D eigenvalue weighted by Crippen LogP contribution is -2.38.